The van der Waals surface area contributed by atoms with Crippen LogP contribution in [-0.2, 0) is 26.6 Å². The Morgan fingerprint density at radius 3 is 2.61 bits per heavy atom. The zero-order valence-corrected chi connectivity index (χ0v) is 17.1. The van der Waals surface area contributed by atoms with Crippen LogP contribution in [0.1, 0.15) is 41.9 Å². The first kappa shape index (κ1) is 18.1. The molecule has 2 aromatic heterocycles. The highest BCUT2D eigenvalue weighted by atomic mass is 15.3. The smallest absolute Gasteiger partial charge is 0.225 e. The molecule has 0 bridgehead atoms. The largest absolute Gasteiger partial charge is 0.338 e. The summed E-state index contributed by atoms with van der Waals surface area (Å²) in [6.45, 7) is 9.38. The molecule has 2 fully saturated rings. The van der Waals surface area contributed by atoms with Crippen molar-refractivity contribution in [2.75, 3.05) is 37.6 Å². The van der Waals surface area contributed by atoms with Gasteiger partial charge in [-0.15, -0.1) is 0 Å². The normalized spacial score (nSPS) is 21.6. The lowest BCUT2D eigenvalue weighted by atomic mass is 9.91. The quantitative estimate of drug-likeness (QED) is 0.804. The van der Waals surface area contributed by atoms with Gasteiger partial charge in [0.25, 0.3) is 0 Å². The number of nitrogens with zero attached hydrogens (tertiary/aromatic N) is 7. The van der Waals surface area contributed by atoms with Crippen molar-refractivity contribution < 1.29 is 0 Å². The van der Waals surface area contributed by atoms with Gasteiger partial charge in [-0.2, -0.15) is 5.10 Å². The Morgan fingerprint density at radius 2 is 1.93 bits per heavy atom. The van der Waals surface area contributed by atoms with E-state index in [2.05, 4.69) is 39.0 Å². The SMILES string of the molecule is Cc1cc(CN2CCc3nc(N4CCN(C5CCC5)CC4)ncc3C2)n(C)n1. The first-order valence-corrected chi connectivity index (χ1v) is 10.7. The van der Waals surface area contributed by atoms with E-state index in [1.807, 2.05) is 11.7 Å². The van der Waals surface area contributed by atoms with Crippen molar-refractivity contribution in [3.8, 4) is 0 Å². The van der Waals surface area contributed by atoms with E-state index in [9.17, 15) is 0 Å². The number of hydrogen-bond donors (Lipinski definition) is 0. The molecule has 3 aliphatic rings. The Balaban J connectivity index is 1.22. The van der Waals surface area contributed by atoms with Crippen LogP contribution < -0.4 is 4.90 Å². The Hall–Kier alpha value is -1.99. The molecular formula is C21H31N7. The number of rotatable bonds is 4. The molecule has 0 radical (unpaired) electrons. The van der Waals surface area contributed by atoms with Gasteiger partial charge in [-0.1, -0.05) is 6.42 Å². The maximum atomic E-state index is 4.96. The van der Waals surface area contributed by atoms with Gasteiger partial charge < -0.3 is 4.90 Å². The second-order valence-corrected chi connectivity index (χ2v) is 8.61. The standard InChI is InChI=1S/C21H31N7/c1-16-12-19(25(2)24-16)15-26-7-6-20-17(14-26)13-22-21(23-20)28-10-8-27(9-11-28)18-4-3-5-18/h12-13,18H,3-11,14-15H2,1-2H3. The maximum absolute atomic E-state index is 4.96. The zero-order chi connectivity index (χ0) is 19.1. The average molecular weight is 382 g/mol. The molecule has 1 aliphatic carbocycles. The molecule has 2 aliphatic heterocycles. The number of aromatic nitrogens is 4. The third-order valence-electron chi connectivity index (χ3n) is 6.67. The number of hydrogen-bond acceptors (Lipinski definition) is 6. The van der Waals surface area contributed by atoms with Crippen LogP contribution in [0.2, 0.25) is 0 Å². The molecule has 28 heavy (non-hydrogen) atoms. The van der Waals surface area contributed by atoms with Crippen LogP contribution >= 0.6 is 0 Å². The van der Waals surface area contributed by atoms with Crippen LogP contribution in [0.15, 0.2) is 12.3 Å². The summed E-state index contributed by atoms with van der Waals surface area (Å²) in [4.78, 5) is 17.2. The first-order valence-electron chi connectivity index (χ1n) is 10.7. The predicted molar refractivity (Wildman–Crippen MR) is 109 cm³/mol. The molecule has 4 heterocycles. The van der Waals surface area contributed by atoms with Crippen molar-refractivity contribution in [3.63, 3.8) is 0 Å². The molecule has 7 nitrogen and oxygen atoms in total. The zero-order valence-electron chi connectivity index (χ0n) is 17.1. The molecule has 150 valence electrons. The van der Waals surface area contributed by atoms with Crippen molar-refractivity contribution in [2.45, 2.75) is 51.7 Å². The number of anilines is 1. The van der Waals surface area contributed by atoms with Crippen molar-refractivity contribution >= 4 is 5.95 Å². The molecular weight excluding hydrogens is 350 g/mol. The summed E-state index contributed by atoms with van der Waals surface area (Å²) in [6.07, 6.45) is 7.27. The van der Waals surface area contributed by atoms with Crippen LogP contribution in [0.25, 0.3) is 0 Å². The monoisotopic (exact) mass is 381 g/mol. The fraction of sp³-hybridized carbons (Fsp3) is 0.667. The van der Waals surface area contributed by atoms with Crippen LogP contribution in [0.5, 0.6) is 0 Å². The van der Waals surface area contributed by atoms with E-state index in [1.54, 1.807) is 0 Å². The molecule has 2 aromatic rings. The molecule has 0 atom stereocenters. The van der Waals surface area contributed by atoms with E-state index in [0.29, 0.717) is 0 Å². The van der Waals surface area contributed by atoms with E-state index in [-0.39, 0.29) is 0 Å². The summed E-state index contributed by atoms with van der Waals surface area (Å²) >= 11 is 0. The highest BCUT2D eigenvalue weighted by Gasteiger charge is 2.29. The van der Waals surface area contributed by atoms with Gasteiger partial charge in [-0.05, 0) is 25.8 Å². The molecule has 7 heteroatoms. The van der Waals surface area contributed by atoms with Gasteiger partial charge in [0.05, 0.1) is 17.1 Å². The van der Waals surface area contributed by atoms with Crippen LogP contribution in [0.3, 0.4) is 0 Å². The molecule has 1 saturated carbocycles. The van der Waals surface area contributed by atoms with Gasteiger partial charge in [0.2, 0.25) is 5.95 Å². The van der Waals surface area contributed by atoms with Crippen LogP contribution in [-0.4, -0.2) is 68.3 Å². The topological polar surface area (TPSA) is 53.3 Å². The van der Waals surface area contributed by atoms with E-state index in [1.165, 1.54) is 36.2 Å². The number of piperazine rings is 1. The molecule has 1 saturated heterocycles. The summed E-state index contributed by atoms with van der Waals surface area (Å²) in [5.74, 6) is 0.933. The molecule has 0 unspecified atom stereocenters. The molecule has 0 N–H and O–H groups in total. The molecule has 0 spiro atoms. The first-order chi connectivity index (χ1) is 13.7. The lowest BCUT2D eigenvalue weighted by Crippen LogP contribution is -2.52. The van der Waals surface area contributed by atoms with Gasteiger partial charge in [0.15, 0.2) is 0 Å². The van der Waals surface area contributed by atoms with Gasteiger partial charge in [-0.3, -0.25) is 14.5 Å². The Kier molecular flexibility index (Phi) is 4.80. The highest BCUT2D eigenvalue weighted by Crippen LogP contribution is 2.27. The van der Waals surface area contributed by atoms with Gasteiger partial charge in [-0.25, -0.2) is 9.97 Å². The molecule has 5 rings (SSSR count). The van der Waals surface area contributed by atoms with Crippen molar-refractivity contribution in [3.05, 3.63) is 34.9 Å². The summed E-state index contributed by atoms with van der Waals surface area (Å²) in [5.41, 5.74) is 4.87. The highest BCUT2D eigenvalue weighted by molar-refractivity contribution is 5.35. The van der Waals surface area contributed by atoms with Gasteiger partial charge in [0, 0.05) is 77.1 Å². The van der Waals surface area contributed by atoms with Crippen molar-refractivity contribution in [1.82, 2.24) is 29.5 Å². The summed E-state index contributed by atoms with van der Waals surface area (Å²) in [6, 6.07) is 3.03. The third kappa shape index (κ3) is 3.53. The fourth-order valence-corrected chi connectivity index (χ4v) is 4.73. The van der Waals surface area contributed by atoms with Crippen LogP contribution in [0.4, 0.5) is 5.95 Å². The lowest BCUT2D eigenvalue weighted by molar-refractivity contribution is 0.120. The third-order valence-corrected chi connectivity index (χ3v) is 6.67. The van der Waals surface area contributed by atoms with E-state index in [4.69, 9.17) is 9.97 Å². The minimum absolute atomic E-state index is 0.848. The number of aryl methyl sites for hydroxylation is 2. The molecule has 0 aromatic carbocycles. The van der Waals surface area contributed by atoms with Crippen molar-refractivity contribution in [1.29, 1.82) is 0 Å². The average Bonchev–Trinajstić information content (AvgIpc) is 2.97. The summed E-state index contributed by atoms with van der Waals surface area (Å²) in [5, 5.41) is 4.47. The van der Waals surface area contributed by atoms with E-state index >= 15 is 0 Å². The Labute approximate surface area is 167 Å². The second kappa shape index (κ2) is 7.44. The maximum Gasteiger partial charge on any atom is 0.225 e. The Bertz CT molecular complexity index is 833. The van der Waals surface area contributed by atoms with E-state index in [0.717, 1.165) is 69.9 Å². The Morgan fingerprint density at radius 1 is 1.11 bits per heavy atom. The second-order valence-electron chi connectivity index (χ2n) is 8.61. The van der Waals surface area contributed by atoms with Crippen molar-refractivity contribution in [2.24, 2.45) is 7.05 Å². The molecule has 0 amide bonds. The minimum atomic E-state index is 0.848. The fourth-order valence-electron chi connectivity index (χ4n) is 4.73. The van der Waals surface area contributed by atoms with E-state index < -0.39 is 0 Å². The number of fused-ring (bicyclic) bond motifs is 1. The summed E-state index contributed by atoms with van der Waals surface area (Å²) < 4.78 is 1.99. The minimum Gasteiger partial charge on any atom is -0.338 e. The lowest BCUT2D eigenvalue weighted by Gasteiger charge is -2.43. The van der Waals surface area contributed by atoms with Gasteiger partial charge >= 0.3 is 0 Å². The van der Waals surface area contributed by atoms with Crippen LogP contribution in [0, 0.1) is 6.92 Å². The predicted octanol–water partition coefficient (Wildman–Crippen LogP) is 1.75. The summed E-state index contributed by atoms with van der Waals surface area (Å²) in [7, 11) is 2.03. The van der Waals surface area contributed by atoms with Gasteiger partial charge in [0.1, 0.15) is 0 Å².